The molecular formula is C17H30N2O4. The first kappa shape index (κ1) is 18.2. The summed E-state index contributed by atoms with van der Waals surface area (Å²) in [5, 5.41) is 15.2. The third-order valence-electron chi connectivity index (χ3n) is 4.91. The molecule has 2 aliphatic rings. The second kappa shape index (κ2) is 9.23. The zero-order chi connectivity index (χ0) is 16.7. The van der Waals surface area contributed by atoms with Crippen molar-refractivity contribution in [2.45, 2.75) is 76.5 Å². The van der Waals surface area contributed by atoms with E-state index in [9.17, 15) is 14.7 Å². The monoisotopic (exact) mass is 326 g/mol. The summed E-state index contributed by atoms with van der Waals surface area (Å²) in [5.74, 6) is 0.519. The molecule has 2 amide bonds. The number of carbonyl (C=O) groups excluding carboxylic acids is 2. The van der Waals surface area contributed by atoms with Crippen LogP contribution in [0, 0.1) is 5.92 Å². The molecule has 2 rings (SSSR count). The summed E-state index contributed by atoms with van der Waals surface area (Å²) in [6, 6.07) is -0.168. The molecule has 0 aromatic heterocycles. The largest absolute Gasteiger partial charge is 0.394 e. The number of aliphatic hydroxyl groups excluding tert-OH is 1. The third-order valence-corrected chi connectivity index (χ3v) is 4.91. The molecular weight excluding hydrogens is 296 g/mol. The number of nitrogens with one attached hydrogen (secondary N) is 2. The van der Waals surface area contributed by atoms with Gasteiger partial charge in [-0.3, -0.25) is 9.59 Å². The fraction of sp³-hybridized carbons (Fsp3) is 0.882. The molecule has 2 fully saturated rings. The highest BCUT2D eigenvalue weighted by molar-refractivity contribution is 5.76. The summed E-state index contributed by atoms with van der Waals surface area (Å²) in [6.45, 7) is 2.08. The molecule has 6 heteroatoms. The van der Waals surface area contributed by atoms with E-state index in [4.69, 9.17) is 4.74 Å². The standard InChI is InChI=1S/C17H30N2O4/c1-12(21)19-15-8-7-14(23-16(15)11-20)9-17(22)18-10-13-5-3-2-4-6-13/h13-16,20H,2-11H2,1H3,(H,18,22)(H,19,21)/t14-,15-,16-/m1/s1. The fourth-order valence-electron chi connectivity index (χ4n) is 3.64. The van der Waals surface area contributed by atoms with Gasteiger partial charge >= 0.3 is 0 Å². The second-order valence-corrected chi connectivity index (χ2v) is 6.88. The zero-order valence-electron chi connectivity index (χ0n) is 14.1. The highest BCUT2D eigenvalue weighted by Crippen LogP contribution is 2.24. The molecule has 0 radical (unpaired) electrons. The molecule has 132 valence electrons. The van der Waals surface area contributed by atoms with Crippen LogP contribution in [0.1, 0.15) is 58.3 Å². The van der Waals surface area contributed by atoms with Crippen molar-refractivity contribution in [1.82, 2.24) is 10.6 Å². The van der Waals surface area contributed by atoms with Crippen molar-refractivity contribution in [2.24, 2.45) is 5.92 Å². The minimum absolute atomic E-state index is 0.0234. The van der Waals surface area contributed by atoms with Gasteiger partial charge in [0.1, 0.15) is 6.10 Å². The van der Waals surface area contributed by atoms with E-state index >= 15 is 0 Å². The average molecular weight is 326 g/mol. The molecule has 0 unspecified atom stereocenters. The third kappa shape index (κ3) is 6.11. The normalized spacial score (nSPS) is 29.0. The van der Waals surface area contributed by atoms with Crippen LogP contribution in [0.4, 0.5) is 0 Å². The van der Waals surface area contributed by atoms with Crippen LogP contribution in [0.25, 0.3) is 0 Å². The Kier molecular flexibility index (Phi) is 7.30. The predicted molar refractivity (Wildman–Crippen MR) is 86.8 cm³/mol. The van der Waals surface area contributed by atoms with Crippen LogP contribution in [-0.2, 0) is 14.3 Å². The van der Waals surface area contributed by atoms with Crippen molar-refractivity contribution in [3.63, 3.8) is 0 Å². The molecule has 0 bridgehead atoms. The highest BCUT2D eigenvalue weighted by Gasteiger charge is 2.32. The minimum Gasteiger partial charge on any atom is -0.394 e. The second-order valence-electron chi connectivity index (χ2n) is 6.88. The van der Waals surface area contributed by atoms with Gasteiger partial charge in [-0.2, -0.15) is 0 Å². The molecule has 3 N–H and O–H groups in total. The Labute approximate surface area is 138 Å². The van der Waals surface area contributed by atoms with Gasteiger partial charge in [-0.25, -0.2) is 0 Å². The van der Waals surface area contributed by atoms with Crippen LogP contribution in [0.3, 0.4) is 0 Å². The quantitative estimate of drug-likeness (QED) is 0.682. The van der Waals surface area contributed by atoms with Crippen molar-refractivity contribution in [2.75, 3.05) is 13.2 Å². The van der Waals surface area contributed by atoms with E-state index in [2.05, 4.69) is 10.6 Å². The minimum atomic E-state index is -0.427. The number of rotatable bonds is 6. The maximum absolute atomic E-state index is 12.1. The Morgan fingerprint density at radius 3 is 2.52 bits per heavy atom. The number of aliphatic hydroxyl groups is 1. The first-order valence-electron chi connectivity index (χ1n) is 8.88. The Morgan fingerprint density at radius 1 is 1.13 bits per heavy atom. The lowest BCUT2D eigenvalue weighted by molar-refractivity contribution is -0.135. The molecule has 0 spiro atoms. The lowest BCUT2D eigenvalue weighted by atomic mass is 9.89. The van der Waals surface area contributed by atoms with Gasteiger partial charge in [-0.15, -0.1) is 0 Å². The van der Waals surface area contributed by atoms with Crippen LogP contribution in [-0.4, -0.2) is 48.3 Å². The molecule has 23 heavy (non-hydrogen) atoms. The van der Waals surface area contributed by atoms with E-state index in [1.807, 2.05) is 0 Å². The van der Waals surface area contributed by atoms with Gasteiger partial charge in [0.2, 0.25) is 11.8 Å². The van der Waals surface area contributed by atoms with Gasteiger partial charge in [0.25, 0.3) is 0 Å². The van der Waals surface area contributed by atoms with Crippen molar-refractivity contribution < 1.29 is 19.4 Å². The number of hydrogen-bond acceptors (Lipinski definition) is 4. The maximum Gasteiger partial charge on any atom is 0.222 e. The van der Waals surface area contributed by atoms with E-state index in [1.165, 1.54) is 39.0 Å². The molecule has 1 aliphatic carbocycles. The van der Waals surface area contributed by atoms with Crippen LogP contribution in [0.15, 0.2) is 0 Å². The lowest BCUT2D eigenvalue weighted by Gasteiger charge is -2.35. The summed E-state index contributed by atoms with van der Waals surface area (Å²) in [5.41, 5.74) is 0. The Balaban J connectivity index is 1.70. The number of carbonyl (C=O) groups is 2. The highest BCUT2D eigenvalue weighted by atomic mass is 16.5. The number of hydrogen-bond donors (Lipinski definition) is 3. The van der Waals surface area contributed by atoms with E-state index in [0.29, 0.717) is 12.3 Å². The van der Waals surface area contributed by atoms with Crippen molar-refractivity contribution in [1.29, 1.82) is 0 Å². The average Bonchev–Trinajstić information content (AvgIpc) is 2.55. The first-order chi connectivity index (χ1) is 11.1. The number of amides is 2. The van der Waals surface area contributed by atoms with Gasteiger partial charge in [0.15, 0.2) is 0 Å². The molecule has 1 saturated carbocycles. The summed E-state index contributed by atoms with van der Waals surface area (Å²) in [7, 11) is 0. The van der Waals surface area contributed by atoms with Gasteiger partial charge < -0.3 is 20.5 Å². The molecule has 3 atom stereocenters. The number of ether oxygens (including phenoxy) is 1. The summed E-state index contributed by atoms with van der Waals surface area (Å²) in [6.07, 6.45) is 7.46. The van der Waals surface area contributed by atoms with Gasteiger partial charge in [-0.1, -0.05) is 19.3 Å². The zero-order valence-corrected chi connectivity index (χ0v) is 14.1. The molecule has 6 nitrogen and oxygen atoms in total. The van der Waals surface area contributed by atoms with Crippen LogP contribution in [0.5, 0.6) is 0 Å². The molecule has 0 aromatic carbocycles. The molecule has 1 aliphatic heterocycles. The first-order valence-corrected chi connectivity index (χ1v) is 8.88. The summed E-state index contributed by atoms with van der Waals surface area (Å²) >= 11 is 0. The van der Waals surface area contributed by atoms with Crippen LogP contribution >= 0.6 is 0 Å². The van der Waals surface area contributed by atoms with E-state index < -0.39 is 6.10 Å². The van der Waals surface area contributed by atoms with E-state index in [1.54, 1.807) is 0 Å². The molecule has 0 aromatic rings. The Hall–Kier alpha value is -1.14. The van der Waals surface area contributed by atoms with E-state index in [-0.39, 0.29) is 30.6 Å². The van der Waals surface area contributed by atoms with Gasteiger partial charge in [-0.05, 0) is 31.6 Å². The van der Waals surface area contributed by atoms with Crippen molar-refractivity contribution in [3.8, 4) is 0 Å². The fourth-order valence-corrected chi connectivity index (χ4v) is 3.64. The van der Waals surface area contributed by atoms with Gasteiger partial charge in [0, 0.05) is 13.5 Å². The molecule has 1 heterocycles. The summed E-state index contributed by atoms with van der Waals surface area (Å²) < 4.78 is 5.79. The lowest BCUT2D eigenvalue weighted by Crippen LogP contribution is -2.51. The predicted octanol–water partition coefficient (Wildman–Crippen LogP) is 1.12. The van der Waals surface area contributed by atoms with Crippen LogP contribution in [0.2, 0.25) is 0 Å². The topological polar surface area (TPSA) is 87.7 Å². The van der Waals surface area contributed by atoms with Crippen molar-refractivity contribution in [3.05, 3.63) is 0 Å². The van der Waals surface area contributed by atoms with Crippen molar-refractivity contribution >= 4 is 11.8 Å². The van der Waals surface area contributed by atoms with Crippen LogP contribution < -0.4 is 10.6 Å². The van der Waals surface area contributed by atoms with E-state index in [0.717, 1.165) is 19.4 Å². The Morgan fingerprint density at radius 2 is 1.87 bits per heavy atom. The SMILES string of the molecule is CC(=O)N[C@@H]1CC[C@H](CC(=O)NCC2CCCCC2)O[C@@H]1CO. The van der Waals surface area contributed by atoms with Gasteiger partial charge in [0.05, 0.1) is 25.2 Å². The molecule has 1 saturated heterocycles. The maximum atomic E-state index is 12.1. The Bertz CT molecular complexity index is 396. The smallest absolute Gasteiger partial charge is 0.222 e. The summed E-state index contributed by atoms with van der Waals surface area (Å²) in [4.78, 5) is 23.2.